The molecule has 1 amide bonds. The highest BCUT2D eigenvalue weighted by Gasteiger charge is 2.20. The number of anilines is 1. The number of ether oxygens (including phenoxy) is 1. The first-order valence-corrected chi connectivity index (χ1v) is 7.25. The zero-order chi connectivity index (χ0) is 18.6. The van der Waals surface area contributed by atoms with Gasteiger partial charge in [-0.25, -0.2) is 0 Å². The fraction of sp³-hybridized carbons (Fsp3) is 0.188. The Balaban J connectivity index is 2.08. The van der Waals surface area contributed by atoms with Crippen molar-refractivity contribution in [3.05, 3.63) is 68.3 Å². The lowest BCUT2D eigenvalue weighted by Crippen LogP contribution is -2.30. The number of benzene rings is 2. The first-order valence-electron chi connectivity index (χ1n) is 7.25. The van der Waals surface area contributed by atoms with Crippen molar-refractivity contribution in [1.82, 2.24) is 0 Å². The molecule has 130 valence electrons. The first-order chi connectivity index (χ1) is 11.8. The van der Waals surface area contributed by atoms with Crippen LogP contribution in [0.1, 0.15) is 12.5 Å². The quantitative estimate of drug-likeness (QED) is 0.633. The van der Waals surface area contributed by atoms with Gasteiger partial charge in [0.05, 0.1) is 9.85 Å². The normalized spacial score (nSPS) is 11.4. The maximum atomic E-state index is 12.2. The second kappa shape index (κ2) is 7.39. The molecule has 0 fully saturated rings. The molecular formula is C16H15N3O6. The summed E-state index contributed by atoms with van der Waals surface area (Å²) in [5.74, 6) is -0.308. The molecule has 1 unspecified atom stereocenters. The summed E-state index contributed by atoms with van der Waals surface area (Å²) in [5, 5.41) is 24.1. The van der Waals surface area contributed by atoms with Crippen LogP contribution in [0.2, 0.25) is 0 Å². The highest BCUT2D eigenvalue weighted by atomic mass is 16.6. The van der Waals surface area contributed by atoms with Gasteiger partial charge in [0, 0.05) is 18.2 Å². The van der Waals surface area contributed by atoms with Gasteiger partial charge in [-0.05, 0) is 37.6 Å². The average Bonchev–Trinajstić information content (AvgIpc) is 2.56. The van der Waals surface area contributed by atoms with Gasteiger partial charge in [-0.2, -0.15) is 0 Å². The lowest BCUT2D eigenvalue weighted by atomic mass is 10.2. The predicted molar refractivity (Wildman–Crippen MR) is 89.6 cm³/mol. The van der Waals surface area contributed by atoms with E-state index in [0.717, 1.165) is 0 Å². The molecule has 0 spiro atoms. The molecule has 0 heterocycles. The Morgan fingerprint density at radius 2 is 1.72 bits per heavy atom. The van der Waals surface area contributed by atoms with Crippen molar-refractivity contribution in [2.45, 2.75) is 20.0 Å². The second-order valence-corrected chi connectivity index (χ2v) is 5.28. The number of non-ortho nitro benzene ring substituents is 1. The lowest BCUT2D eigenvalue weighted by Gasteiger charge is -2.14. The predicted octanol–water partition coefficient (Wildman–Crippen LogP) is 3.22. The molecule has 0 aliphatic carbocycles. The minimum absolute atomic E-state index is 0.0692. The summed E-state index contributed by atoms with van der Waals surface area (Å²) in [5.41, 5.74) is 0.454. The van der Waals surface area contributed by atoms with Gasteiger partial charge in [0.25, 0.3) is 17.3 Å². The third kappa shape index (κ3) is 4.50. The van der Waals surface area contributed by atoms with Crippen LogP contribution >= 0.6 is 0 Å². The summed E-state index contributed by atoms with van der Waals surface area (Å²) in [6, 6.07) is 9.70. The first kappa shape index (κ1) is 17.9. The molecule has 2 rings (SSSR count). The number of nitro benzene ring substituents is 2. The Morgan fingerprint density at radius 1 is 1.08 bits per heavy atom. The van der Waals surface area contributed by atoms with E-state index in [0.29, 0.717) is 5.56 Å². The lowest BCUT2D eigenvalue weighted by molar-refractivity contribution is -0.384. The van der Waals surface area contributed by atoms with E-state index in [1.54, 1.807) is 13.0 Å². The molecule has 1 atom stereocenters. The molecule has 0 saturated heterocycles. The Morgan fingerprint density at radius 3 is 2.28 bits per heavy atom. The third-order valence-electron chi connectivity index (χ3n) is 3.34. The van der Waals surface area contributed by atoms with Crippen LogP contribution < -0.4 is 10.1 Å². The van der Waals surface area contributed by atoms with Gasteiger partial charge < -0.3 is 10.1 Å². The fourth-order valence-electron chi connectivity index (χ4n) is 2.04. The third-order valence-corrected chi connectivity index (χ3v) is 3.34. The summed E-state index contributed by atoms with van der Waals surface area (Å²) in [6.07, 6.45) is -0.956. The molecule has 0 saturated carbocycles. The number of amides is 1. The summed E-state index contributed by atoms with van der Waals surface area (Å²) in [7, 11) is 0. The van der Waals surface area contributed by atoms with Gasteiger partial charge in [-0.3, -0.25) is 25.0 Å². The molecule has 2 aromatic carbocycles. The molecule has 0 aromatic heterocycles. The summed E-state index contributed by atoms with van der Waals surface area (Å²) >= 11 is 0. The Kier molecular flexibility index (Phi) is 5.28. The minimum Gasteiger partial charge on any atom is -0.481 e. The molecule has 9 heteroatoms. The zero-order valence-electron chi connectivity index (χ0n) is 13.5. The van der Waals surface area contributed by atoms with Crippen LogP contribution in [-0.4, -0.2) is 21.9 Å². The summed E-state index contributed by atoms with van der Waals surface area (Å²) < 4.78 is 5.40. The van der Waals surface area contributed by atoms with Crippen LogP contribution in [0.25, 0.3) is 0 Å². The van der Waals surface area contributed by atoms with E-state index in [-0.39, 0.29) is 22.8 Å². The van der Waals surface area contributed by atoms with E-state index in [1.807, 2.05) is 0 Å². The number of hydrogen-bond donors (Lipinski definition) is 1. The van der Waals surface area contributed by atoms with Gasteiger partial charge >= 0.3 is 0 Å². The average molecular weight is 345 g/mol. The van der Waals surface area contributed by atoms with E-state index in [9.17, 15) is 25.0 Å². The Bertz CT molecular complexity index is 819. The Labute approximate surface area is 142 Å². The van der Waals surface area contributed by atoms with Crippen molar-refractivity contribution >= 4 is 23.0 Å². The molecular weight excluding hydrogens is 330 g/mol. The molecule has 0 bridgehead atoms. The number of aryl methyl sites for hydroxylation is 1. The van der Waals surface area contributed by atoms with Gasteiger partial charge in [0.2, 0.25) is 0 Å². The second-order valence-electron chi connectivity index (χ2n) is 5.28. The SMILES string of the molecule is Cc1ccc(NC(=O)C(C)Oc2ccc([N+](=O)[O-])cc2)c([N+](=O)[O-])c1. The fourth-order valence-corrected chi connectivity index (χ4v) is 2.04. The molecule has 0 aliphatic heterocycles. The summed E-state index contributed by atoms with van der Waals surface area (Å²) in [6.45, 7) is 3.18. The number of carbonyl (C=O) groups excluding carboxylic acids is 1. The highest BCUT2D eigenvalue weighted by Crippen LogP contribution is 2.26. The highest BCUT2D eigenvalue weighted by molar-refractivity contribution is 5.96. The van der Waals surface area contributed by atoms with Crippen molar-refractivity contribution in [1.29, 1.82) is 0 Å². The maximum Gasteiger partial charge on any atom is 0.293 e. The van der Waals surface area contributed by atoms with Gasteiger partial charge in [0.1, 0.15) is 11.4 Å². The van der Waals surface area contributed by atoms with E-state index >= 15 is 0 Å². The number of nitro groups is 2. The smallest absolute Gasteiger partial charge is 0.293 e. The van der Waals surface area contributed by atoms with Crippen molar-refractivity contribution in [2.24, 2.45) is 0 Å². The molecule has 0 aliphatic rings. The molecule has 2 aromatic rings. The van der Waals surface area contributed by atoms with Crippen LogP contribution in [0.3, 0.4) is 0 Å². The van der Waals surface area contributed by atoms with Crippen LogP contribution in [0, 0.1) is 27.2 Å². The van der Waals surface area contributed by atoms with Crippen molar-refractivity contribution in [2.75, 3.05) is 5.32 Å². The number of hydrogen-bond acceptors (Lipinski definition) is 6. The Hall–Kier alpha value is -3.49. The van der Waals surface area contributed by atoms with E-state index in [1.165, 1.54) is 43.3 Å². The van der Waals surface area contributed by atoms with Crippen LogP contribution in [0.15, 0.2) is 42.5 Å². The van der Waals surface area contributed by atoms with E-state index in [4.69, 9.17) is 4.74 Å². The number of nitrogens with zero attached hydrogens (tertiary/aromatic N) is 2. The number of rotatable bonds is 6. The van der Waals surface area contributed by atoms with E-state index < -0.39 is 21.9 Å². The maximum absolute atomic E-state index is 12.2. The van der Waals surface area contributed by atoms with Crippen molar-refractivity contribution < 1.29 is 19.4 Å². The van der Waals surface area contributed by atoms with Crippen molar-refractivity contribution in [3.63, 3.8) is 0 Å². The van der Waals surface area contributed by atoms with Crippen LogP contribution in [0.4, 0.5) is 17.1 Å². The number of nitrogens with one attached hydrogen (secondary N) is 1. The molecule has 1 N–H and O–H groups in total. The summed E-state index contributed by atoms with van der Waals surface area (Å²) in [4.78, 5) is 32.7. The van der Waals surface area contributed by atoms with Crippen molar-refractivity contribution in [3.8, 4) is 5.75 Å². The van der Waals surface area contributed by atoms with Gasteiger partial charge in [-0.1, -0.05) is 6.07 Å². The van der Waals surface area contributed by atoms with Crippen LogP contribution in [0.5, 0.6) is 5.75 Å². The molecule has 0 radical (unpaired) electrons. The molecule has 25 heavy (non-hydrogen) atoms. The minimum atomic E-state index is -0.956. The topological polar surface area (TPSA) is 125 Å². The largest absolute Gasteiger partial charge is 0.481 e. The van der Waals surface area contributed by atoms with Gasteiger partial charge in [-0.15, -0.1) is 0 Å². The van der Waals surface area contributed by atoms with Gasteiger partial charge in [0.15, 0.2) is 6.10 Å². The van der Waals surface area contributed by atoms with Crippen LogP contribution in [-0.2, 0) is 4.79 Å². The van der Waals surface area contributed by atoms with E-state index in [2.05, 4.69) is 5.32 Å². The monoisotopic (exact) mass is 345 g/mol. The molecule has 9 nitrogen and oxygen atoms in total. The standard InChI is InChI=1S/C16H15N3O6/c1-10-3-8-14(15(9-10)19(23)24)17-16(20)11(2)25-13-6-4-12(5-7-13)18(21)22/h3-9,11H,1-2H3,(H,17,20). The number of carbonyl (C=O) groups is 1. The zero-order valence-corrected chi connectivity index (χ0v) is 13.5.